The zero-order valence-electron chi connectivity index (χ0n) is 14.6. The Morgan fingerprint density at radius 2 is 1.86 bits per heavy atom. The highest BCUT2D eigenvalue weighted by Gasteiger charge is 2.27. The number of aromatic amines is 1. The molecule has 3 aromatic rings. The van der Waals surface area contributed by atoms with E-state index in [4.69, 9.17) is 16.3 Å². The minimum Gasteiger partial charge on any atom is -0.379 e. The first kappa shape index (κ1) is 18.8. The van der Waals surface area contributed by atoms with Gasteiger partial charge in [0.05, 0.1) is 28.8 Å². The molecule has 1 amide bonds. The lowest BCUT2D eigenvalue weighted by Crippen LogP contribution is -2.40. The van der Waals surface area contributed by atoms with Gasteiger partial charge in [0.1, 0.15) is 11.0 Å². The molecule has 146 valence electrons. The molecule has 28 heavy (non-hydrogen) atoms. The van der Waals surface area contributed by atoms with E-state index in [1.54, 1.807) is 18.2 Å². The Bertz CT molecular complexity index is 1140. The zero-order chi connectivity index (χ0) is 19.7. The van der Waals surface area contributed by atoms with Crippen LogP contribution in [0.2, 0.25) is 5.02 Å². The number of sulfonamides is 1. The summed E-state index contributed by atoms with van der Waals surface area (Å²) in [5.41, 5.74) is 1.73. The van der Waals surface area contributed by atoms with Gasteiger partial charge in [-0.25, -0.2) is 8.42 Å². The van der Waals surface area contributed by atoms with Crippen LogP contribution in [0.1, 0.15) is 10.4 Å². The molecule has 0 bridgehead atoms. The minimum absolute atomic E-state index is 0.0565. The van der Waals surface area contributed by atoms with Gasteiger partial charge in [-0.15, -0.1) is 0 Å². The molecule has 1 aliphatic heterocycles. The van der Waals surface area contributed by atoms with Crippen molar-refractivity contribution in [2.75, 3.05) is 31.6 Å². The van der Waals surface area contributed by atoms with E-state index in [9.17, 15) is 13.2 Å². The maximum atomic E-state index is 12.8. The third-order valence-corrected chi connectivity index (χ3v) is 6.60. The molecule has 0 spiro atoms. The summed E-state index contributed by atoms with van der Waals surface area (Å²) >= 11 is 6.17. The van der Waals surface area contributed by atoms with Crippen LogP contribution in [-0.4, -0.2) is 60.3 Å². The summed E-state index contributed by atoms with van der Waals surface area (Å²) in [5.74, 6) is -0.437. The van der Waals surface area contributed by atoms with Crippen LogP contribution in [0, 0.1) is 0 Å². The number of morpholine rings is 1. The molecule has 1 fully saturated rings. The van der Waals surface area contributed by atoms with Crippen LogP contribution >= 0.6 is 11.6 Å². The van der Waals surface area contributed by atoms with E-state index in [2.05, 4.69) is 20.7 Å². The molecule has 1 aliphatic rings. The first-order valence-electron chi connectivity index (χ1n) is 8.44. The van der Waals surface area contributed by atoms with Crippen LogP contribution in [0.3, 0.4) is 0 Å². The maximum absolute atomic E-state index is 12.8. The molecule has 9 nitrogen and oxygen atoms in total. The summed E-state index contributed by atoms with van der Waals surface area (Å²) in [6.45, 7) is 1.26. The van der Waals surface area contributed by atoms with Crippen molar-refractivity contribution >= 4 is 44.3 Å². The average molecular weight is 422 g/mol. The molecule has 2 N–H and O–H groups in total. The quantitative estimate of drug-likeness (QED) is 0.664. The normalized spacial score (nSPS) is 15.6. The Hall–Kier alpha value is -2.53. The van der Waals surface area contributed by atoms with E-state index in [0.717, 1.165) is 0 Å². The third-order valence-electron chi connectivity index (χ3n) is 4.37. The standard InChI is InChI=1S/C17H16ClN5O4S/c18-13-3-2-12(28(25,26)23-5-7-27-8-6-23)10-15(13)19-17(24)11-1-4-14-16(9-11)21-22-20-14/h1-4,9-10H,5-8H2,(H,19,24)(H,20,21,22). The Labute approximate surface area is 165 Å². The molecule has 0 radical (unpaired) electrons. The number of anilines is 1. The SMILES string of the molecule is O=C(Nc1cc(S(=O)(=O)N2CCOCC2)ccc1Cl)c1ccc2n[nH]nc2c1. The summed E-state index contributed by atoms with van der Waals surface area (Å²) in [6.07, 6.45) is 0. The van der Waals surface area contributed by atoms with Gasteiger partial charge in [-0.1, -0.05) is 11.6 Å². The number of rotatable bonds is 4. The number of ether oxygens (including phenoxy) is 1. The fraction of sp³-hybridized carbons (Fsp3) is 0.235. The van der Waals surface area contributed by atoms with Crippen LogP contribution in [0.25, 0.3) is 11.0 Å². The maximum Gasteiger partial charge on any atom is 0.255 e. The summed E-state index contributed by atoms with van der Waals surface area (Å²) in [5, 5.41) is 13.3. The molecule has 0 saturated carbocycles. The van der Waals surface area contributed by atoms with Crippen molar-refractivity contribution in [3.8, 4) is 0 Å². The monoisotopic (exact) mass is 421 g/mol. The summed E-state index contributed by atoms with van der Waals surface area (Å²) in [4.78, 5) is 12.6. The van der Waals surface area contributed by atoms with Crippen molar-refractivity contribution < 1.29 is 17.9 Å². The number of hydrogen-bond donors (Lipinski definition) is 2. The zero-order valence-corrected chi connectivity index (χ0v) is 16.1. The number of H-pyrrole nitrogens is 1. The van der Waals surface area contributed by atoms with E-state index in [-0.39, 0.29) is 28.7 Å². The van der Waals surface area contributed by atoms with Crippen LogP contribution in [0.5, 0.6) is 0 Å². The fourth-order valence-corrected chi connectivity index (χ4v) is 4.47. The second kappa shape index (κ2) is 7.47. The van der Waals surface area contributed by atoms with Crippen LogP contribution in [0.4, 0.5) is 5.69 Å². The first-order chi connectivity index (χ1) is 13.4. The minimum atomic E-state index is -3.70. The number of amides is 1. The molecule has 2 heterocycles. The number of aromatic nitrogens is 3. The van der Waals surface area contributed by atoms with Crippen molar-refractivity contribution in [3.05, 3.63) is 47.0 Å². The number of nitrogens with one attached hydrogen (secondary N) is 2. The Morgan fingerprint density at radius 1 is 1.11 bits per heavy atom. The number of carbonyl (C=O) groups excluding carboxylic acids is 1. The van der Waals surface area contributed by atoms with E-state index in [1.165, 1.54) is 22.5 Å². The molecule has 0 aliphatic carbocycles. The van der Waals surface area contributed by atoms with Gasteiger partial charge < -0.3 is 10.1 Å². The fourth-order valence-electron chi connectivity index (χ4n) is 2.87. The molecule has 4 rings (SSSR count). The molecule has 1 aromatic heterocycles. The van der Waals surface area contributed by atoms with E-state index >= 15 is 0 Å². The lowest BCUT2D eigenvalue weighted by atomic mass is 10.2. The van der Waals surface area contributed by atoms with E-state index in [1.807, 2.05) is 0 Å². The lowest BCUT2D eigenvalue weighted by Gasteiger charge is -2.26. The molecular weight excluding hydrogens is 406 g/mol. The van der Waals surface area contributed by atoms with Gasteiger partial charge in [-0.2, -0.15) is 19.7 Å². The highest BCUT2D eigenvalue weighted by Crippen LogP contribution is 2.28. The van der Waals surface area contributed by atoms with Crippen molar-refractivity contribution in [3.63, 3.8) is 0 Å². The molecule has 2 aromatic carbocycles. The van der Waals surface area contributed by atoms with Gasteiger partial charge in [-0.05, 0) is 36.4 Å². The van der Waals surface area contributed by atoms with Crippen molar-refractivity contribution in [2.24, 2.45) is 0 Å². The van der Waals surface area contributed by atoms with Crippen molar-refractivity contribution in [1.82, 2.24) is 19.7 Å². The van der Waals surface area contributed by atoms with Gasteiger partial charge in [-0.3, -0.25) is 4.79 Å². The molecule has 11 heteroatoms. The second-order valence-electron chi connectivity index (χ2n) is 6.14. The van der Waals surface area contributed by atoms with Crippen molar-refractivity contribution in [1.29, 1.82) is 0 Å². The first-order valence-corrected chi connectivity index (χ1v) is 10.3. The van der Waals surface area contributed by atoms with Crippen LogP contribution in [0.15, 0.2) is 41.3 Å². The molecule has 1 saturated heterocycles. The topological polar surface area (TPSA) is 117 Å². The number of hydrogen-bond acceptors (Lipinski definition) is 6. The lowest BCUT2D eigenvalue weighted by molar-refractivity contribution is 0.0730. The predicted molar refractivity (Wildman–Crippen MR) is 103 cm³/mol. The highest BCUT2D eigenvalue weighted by atomic mass is 35.5. The number of carbonyl (C=O) groups is 1. The largest absolute Gasteiger partial charge is 0.379 e. The van der Waals surface area contributed by atoms with Crippen molar-refractivity contribution in [2.45, 2.75) is 4.90 Å². The van der Waals surface area contributed by atoms with Crippen LogP contribution in [-0.2, 0) is 14.8 Å². The summed E-state index contributed by atoms with van der Waals surface area (Å²) in [7, 11) is -3.70. The Balaban J connectivity index is 1.60. The Morgan fingerprint density at radius 3 is 2.64 bits per heavy atom. The molecule has 0 atom stereocenters. The summed E-state index contributed by atoms with van der Waals surface area (Å²) < 4.78 is 32.2. The van der Waals surface area contributed by atoms with Gasteiger partial charge >= 0.3 is 0 Å². The number of benzene rings is 2. The Kier molecular flexibility index (Phi) is 5.02. The van der Waals surface area contributed by atoms with Crippen LogP contribution < -0.4 is 5.32 Å². The van der Waals surface area contributed by atoms with Gasteiger partial charge in [0.2, 0.25) is 10.0 Å². The number of halogens is 1. The average Bonchev–Trinajstić information content (AvgIpc) is 3.18. The van der Waals surface area contributed by atoms with E-state index < -0.39 is 15.9 Å². The summed E-state index contributed by atoms with van der Waals surface area (Å²) in [6, 6.07) is 9.07. The van der Waals surface area contributed by atoms with Gasteiger partial charge in [0, 0.05) is 18.7 Å². The number of fused-ring (bicyclic) bond motifs is 1. The number of nitrogens with zero attached hydrogens (tertiary/aromatic N) is 3. The predicted octanol–water partition coefficient (Wildman–Crippen LogP) is 1.88. The van der Waals surface area contributed by atoms with E-state index in [0.29, 0.717) is 29.8 Å². The second-order valence-corrected chi connectivity index (χ2v) is 8.48. The smallest absolute Gasteiger partial charge is 0.255 e. The van der Waals surface area contributed by atoms with Gasteiger partial charge in [0.15, 0.2) is 0 Å². The third kappa shape index (κ3) is 3.59. The highest BCUT2D eigenvalue weighted by molar-refractivity contribution is 7.89. The molecular formula is C17H16ClN5O4S. The van der Waals surface area contributed by atoms with Gasteiger partial charge in [0.25, 0.3) is 5.91 Å². The molecule has 0 unspecified atom stereocenters.